The van der Waals surface area contributed by atoms with Gasteiger partial charge in [0, 0.05) is 30.7 Å². The van der Waals surface area contributed by atoms with E-state index in [1.807, 2.05) is 33.1 Å². The van der Waals surface area contributed by atoms with Crippen molar-refractivity contribution in [3.63, 3.8) is 0 Å². The minimum Gasteiger partial charge on any atom is -0.349 e. The average Bonchev–Trinajstić information content (AvgIpc) is 2.97. The van der Waals surface area contributed by atoms with Gasteiger partial charge in [0.1, 0.15) is 0 Å². The quantitative estimate of drug-likeness (QED) is 0.0932. The molecule has 2 aromatic carbocycles. The summed E-state index contributed by atoms with van der Waals surface area (Å²) in [5.41, 5.74) is 4.91. The zero-order valence-electron chi connectivity index (χ0n) is 24.9. The summed E-state index contributed by atoms with van der Waals surface area (Å²) in [6, 6.07) is 11.1. The van der Waals surface area contributed by atoms with E-state index in [4.69, 9.17) is 28.4 Å². The number of benzene rings is 2. The molecule has 234 valence electrons. The van der Waals surface area contributed by atoms with Crippen LogP contribution in [-0.4, -0.2) is 104 Å². The fourth-order valence-electron chi connectivity index (χ4n) is 3.66. The molecule has 3 rings (SSSR count). The average molecular weight is 637 g/mol. The number of urea groups is 1. The molecular weight excluding hydrogens is 597 g/mol. The molecule has 0 aliphatic carbocycles. The van der Waals surface area contributed by atoms with E-state index in [0.717, 1.165) is 30.6 Å². The number of aromatic nitrogens is 2. The molecule has 15 heteroatoms. The van der Waals surface area contributed by atoms with Gasteiger partial charge in [-0.25, -0.2) is 15.2 Å². The van der Waals surface area contributed by atoms with Crippen molar-refractivity contribution >= 4 is 51.9 Å². The Labute approximate surface area is 260 Å². The van der Waals surface area contributed by atoms with E-state index >= 15 is 0 Å². The smallest absolute Gasteiger partial charge is 0.333 e. The maximum atomic E-state index is 12.6. The van der Waals surface area contributed by atoms with E-state index < -0.39 is 17.5 Å². The largest absolute Gasteiger partial charge is 0.349 e. The van der Waals surface area contributed by atoms with Gasteiger partial charge in [0.2, 0.25) is 5.82 Å². The summed E-state index contributed by atoms with van der Waals surface area (Å²) in [5.74, 6) is -0.342. The second kappa shape index (κ2) is 18.0. The molecule has 0 aliphatic heterocycles. The van der Waals surface area contributed by atoms with Crippen molar-refractivity contribution in [3.8, 4) is 0 Å². The van der Waals surface area contributed by atoms with E-state index in [0.29, 0.717) is 45.4 Å². The van der Waals surface area contributed by atoms with Gasteiger partial charge in [-0.3, -0.25) is 25.3 Å². The highest BCUT2D eigenvalue weighted by molar-refractivity contribution is 6.36. The topological polar surface area (TPSA) is 156 Å². The van der Waals surface area contributed by atoms with Crippen LogP contribution < -0.4 is 27.1 Å². The predicted octanol–water partition coefficient (Wildman–Crippen LogP) is 2.63. The molecular formula is C28H39Cl2N9O4. The van der Waals surface area contributed by atoms with E-state index in [1.165, 1.54) is 7.05 Å². The van der Waals surface area contributed by atoms with Crippen molar-refractivity contribution in [2.24, 2.45) is 4.99 Å². The van der Waals surface area contributed by atoms with Crippen LogP contribution in [0.15, 0.2) is 52.3 Å². The van der Waals surface area contributed by atoms with Crippen LogP contribution in [-0.2, 0) is 0 Å². The zero-order chi connectivity index (χ0) is 31.9. The Kier molecular flexibility index (Phi) is 14.9. The summed E-state index contributed by atoms with van der Waals surface area (Å²) in [5, 5.41) is 15.5. The van der Waals surface area contributed by atoms with Gasteiger partial charge >= 0.3 is 6.03 Å². The number of aliphatic imine (C=N–C) groups is 1. The molecule has 0 saturated carbocycles. The molecule has 0 radical (unpaired) electrons. The minimum absolute atomic E-state index is 0.169. The number of rotatable bonds is 11. The monoisotopic (exact) mass is 635 g/mol. The third kappa shape index (κ3) is 11.5. The van der Waals surface area contributed by atoms with Crippen molar-refractivity contribution in [2.75, 3.05) is 66.8 Å². The number of hydrogen-bond acceptors (Lipinski definition) is 8. The molecule has 0 bridgehead atoms. The molecule has 1 aromatic heterocycles. The lowest BCUT2D eigenvalue weighted by Crippen LogP contribution is -2.43. The molecule has 0 unspecified atom stereocenters. The van der Waals surface area contributed by atoms with Crippen LogP contribution in [0, 0.1) is 0 Å². The molecule has 1 heterocycles. The fourth-order valence-corrected chi connectivity index (χ4v) is 4.16. The van der Waals surface area contributed by atoms with Crippen molar-refractivity contribution < 1.29 is 14.8 Å². The number of para-hydroxylation sites is 1. The molecule has 3 aromatic rings. The maximum absolute atomic E-state index is 12.6. The Hall–Kier alpha value is -3.75. The Morgan fingerprint density at radius 2 is 1.70 bits per heavy atom. The van der Waals surface area contributed by atoms with Crippen molar-refractivity contribution in [3.05, 3.63) is 74.3 Å². The van der Waals surface area contributed by atoms with Crippen LogP contribution >= 0.6 is 23.2 Å². The van der Waals surface area contributed by atoms with Crippen molar-refractivity contribution in [1.82, 2.24) is 35.6 Å². The highest BCUT2D eigenvalue weighted by atomic mass is 35.5. The standard InChI is InChI=1S/C16H22N6O3.C12H17Cl2N3O/c1-17-16(25)20-22-13(14(23)18-9-6-10-21(2)3)19-12-8-5-4-7-11(12)15(22)24;1-17(2)7-3-6-15-12(16-18)10-5-4-9(13)8-11(10)14/h4-5,7-8H,6,9-10H2,1-3H3,(H,18,23)(H2,17,20,25);4-5,8,18H,3,6-7H2,1-2H3,(H,15,16). The lowest BCUT2D eigenvalue weighted by molar-refractivity contribution is 0.0938. The molecule has 0 atom stereocenters. The minimum atomic E-state index is -0.624. The van der Waals surface area contributed by atoms with E-state index in [1.54, 1.807) is 42.5 Å². The van der Waals surface area contributed by atoms with Gasteiger partial charge in [0.05, 0.1) is 15.9 Å². The maximum Gasteiger partial charge on any atom is 0.333 e. The number of nitrogens with zero attached hydrogens (tertiary/aromatic N) is 5. The zero-order valence-corrected chi connectivity index (χ0v) is 26.5. The molecule has 0 spiro atoms. The van der Waals surface area contributed by atoms with Crippen molar-refractivity contribution in [2.45, 2.75) is 12.8 Å². The highest BCUT2D eigenvalue weighted by Gasteiger charge is 2.18. The molecule has 0 aliphatic rings. The summed E-state index contributed by atoms with van der Waals surface area (Å²) < 4.78 is 0.864. The van der Waals surface area contributed by atoms with E-state index in [-0.39, 0.29) is 5.82 Å². The first kappa shape index (κ1) is 35.4. The number of nitrogens with one attached hydrogen (secondary N) is 4. The number of carbonyl (C=O) groups excluding carboxylic acids is 2. The Balaban J connectivity index is 0.000000317. The number of amides is 3. The van der Waals surface area contributed by atoms with Gasteiger partial charge in [0.15, 0.2) is 5.84 Å². The number of hydroxylamine groups is 1. The molecule has 13 nitrogen and oxygen atoms in total. The number of carbonyl (C=O) groups is 2. The first-order chi connectivity index (χ1) is 20.5. The number of fused-ring (bicyclic) bond motifs is 1. The SMILES string of the molecule is CN(C)CCCN=C(NO)c1ccc(Cl)cc1Cl.CNC(=O)Nn1c(C(=O)NCCCN(C)C)nc2ccccc2c1=O. The van der Waals surface area contributed by atoms with Gasteiger partial charge in [-0.1, -0.05) is 35.3 Å². The van der Waals surface area contributed by atoms with Crippen LogP contribution in [0.3, 0.4) is 0 Å². The van der Waals surface area contributed by atoms with E-state index in [9.17, 15) is 14.4 Å². The predicted molar refractivity (Wildman–Crippen MR) is 171 cm³/mol. The summed E-state index contributed by atoms with van der Waals surface area (Å²) in [6.07, 6.45) is 1.66. The van der Waals surface area contributed by atoms with Gasteiger partial charge in [-0.2, -0.15) is 4.68 Å². The van der Waals surface area contributed by atoms with Crippen LogP contribution in [0.1, 0.15) is 29.0 Å². The van der Waals surface area contributed by atoms with Gasteiger partial charge in [-0.15, -0.1) is 0 Å². The van der Waals surface area contributed by atoms with Gasteiger partial charge in [0.25, 0.3) is 11.5 Å². The van der Waals surface area contributed by atoms with Crippen LogP contribution in [0.4, 0.5) is 4.79 Å². The van der Waals surface area contributed by atoms with Crippen LogP contribution in [0.5, 0.6) is 0 Å². The third-order valence-corrected chi connectivity index (χ3v) is 6.36. The summed E-state index contributed by atoms with van der Waals surface area (Å²) in [7, 11) is 9.31. The number of amidine groups is 1. The molecule has 3 amide bonds. The normalized spacial score (nSPS) is 11.3. The van der Waals surface area contributed by atoms with Crippen LogP contribution in [0.25, 0.3) is 10.9 Å². The lowest BCUT2D eigenvalue weighted by atomic mass is 10.2. The third-order valence-electron chi connectivity index (χ3n) is 5.81. The second-order valence-corrected chi connectivity index (χ2v) is 10.7. The lowest BCUT2D eigenvalue weighted by Gasteiger charge is -2.14. The summed E-state index contributed by atoms with van der Waals surface area (Å²) in [6.45, 7) is 2.80. The van der Waals surface area contributed by atoms with E-state index in [2.05, 4.69) is 36.4 Å². The summed E-state index contributed by atoms with van der Waals surface area (Å²) in [4.78, 5) is 49.3. The number of halogens is 2. The first-order valence-corrected chi connectivity index (χ1v) is 14.2. The van der Waals surface area contributed by atoms with Crippen LogP contribution in [0.2, 0.25) is 10.0 Å². The van der Waals surface area contributed by atoms with Gasteiger partial charge in [-0.05, 0) is 84.5 Å². The Morgan fingerprint density at radius 3 is 2.33 bits per heavy atom. The Bertz CT molecular complexity index is 1460. The highest BCUT2D eigenvalue weighted by Crippen LogP contribution is 2.21. The van der Waals surface area contributed by atoms with Gasteiger partial charge < -0.3 is 20.4 Å². The molecule has 0 fully saturated rings. The molecule has 0 saturated heterocycles. The summed E-state index contributed by atoms with van der Waals surface area (Å²) >= 11 is 11.9. The Morgan fingerprint density at radius 1 is 1.02 bits per heavy atom. The second-order valence-electron chi connectivity index (χ2n) is 9.82. The molecule has 43 heavy (non-hydrogen) atoms. The number of hydrogen-bond donors (Lipinski definition) is 5. The first-order valence-electron chi connectivity index (χ1n) is 13.5. The molecule has 5 N–H and O–H groups in total. The fraction of sp³-hybridized carbons (Fsp3) is 0.393. The van der Waals surface area contributed by atoms with Crippen molar-refractivity contribution in [1.29, 1.82) is 0 Å².